The summed E-state index contributed by atoms with van der Waals surface area (Å²) in [6, 6.07) is 7.57. The topological polar surface area (TPSA) is 81.5 Å². The molecule has 0 spiro atoms. The number of nitrogens with zero attached hydrogens (tertiary/aromatic N) is 2. The Morgan fingerprint density at radius 2 is 2.25 bits per heavy atom. The van der Waals surface area contributed by atoms with Crippen LogP contribution in [0.25, 0.3) is 0 Å². The third-order valence-corrected chi connectivity index (χ3v) is 4.18. The van der Waals surface area contributed by atoms with Crippen molar-refractivity contribution in [2.75, 3.05) is 25.6 Å². The molecule has 0 bridgehead atoms. The first kappa shape index (κ1) is 16.9. The predicted molar refractivity (Wildman–Crippen MR) is 92.5 cm³/mol. The van der Waals surface area contributed by atoms with Crippen LogP contribution in [0.5, 0.6) is 5.75 Å². The van der Waals surface area contributed by atoms with Gasteiger partial charge in [-0.25, -0.2) is 0 Å². The molecule has 1 aromatic carbocycles. The molecule has 0 unspecified atom stereocenters. The van der Waals surface area contributed by atoms with Crippen molar-refractivity contribution >= 4 is 29.1 Å². The lowest BCUT2D eigenvalue weighted by Gasteiger charge is -2.23. The van der Waals surface area contributed by atoms with E-state index in [0.29, 0.717) is 23.9 Å². The number of carbonyl (C=O) groups is 1. The number of rotatable bonds is 6. The Hall–Kier alpha value is -1.90. The van der Waals surface area contributed by atoms with Crippen LogP contribution in [0.2, 0.25) is 0 Å². The number of hydrogen-bond acceptors (Lipinski definition) is 7. The number of ether oxygens (including phenoxy) is 3. The van der Waals surface area contributed by atoms with Gasteiger partial charge >= 0.3 is 0 Å². The highest BCUT2D eigenvalue weighted by molar-refractivity contribution is 8.15. The van der Waals surface area contributed by atoms with E-state index in [1.807, 2.05) is 24.3 Å². The number of hydrogen-bond donors (Lipinski definition) is 1. The molecule has 2 fully saturated rings. The fourth-order valence-corrected chi connectivity index (χ4v) is 2.82. The van der Waals surface area contributed by atoms with Crippen LogP contribution < -0.4 is 10.1 Å². The molecule has 0 atom stereocenters. The molecule has 128 valence electrons. The van der Waals surface area contributed by atoms with E-state index in [-0.39, 0.29) is 12.2 Å². The van der Waals surface area contributed by atoms with E-state index in [1.54, 1.807) is 6.21 Å². The highest BCUT2D eigenvalue weighted by atomic mass is 32.2. The second-order valence-corrected chi connectivity index (χ2v) is 6.18. The molecule has 2 saturated heterocycles. The van der Waals surface area contributed by atoms with Gasteiger partial charge in [0, 0.05) is 6.42 Å². The van der Waals surface area contributed by atoms with Gasteiger partial charge in [-0.2, -0.15) is 5.10 Å². The number of amides is 1. The lowest BCUT2D eigenvalue weighted by atomic mass is 10.2. The highest BCUT2D eigenvalue weighted by Gasteiger charge is 2.16. The summed E-state index contributed by atoms with van der Waals surface area (Å²) in [7, 11) is 0. The summed E-state index contributed by atoms with van der Waals surface area (Å²) in [6.07, 6.45) is 3.10. The van der Waals surface area contributed by atoms with Crippen molar-refractivity contribution < 1.29 is 19.0 Å². The summed E-state index contributed by atoms with van der Waals surface area (Å²) < 4.78 is 16.7. The fraction of sp³-hybridized carbons (Fsp3) is 0.438. The van der Waals surface area contributed by atoms with Gasteiger partial charge in [-0.15, -0.1) is 5.10 Å². The van der Waals surface area contributed by atoms with Gasteiger partial charge in [-0.3, -0.25) is 4.79 Å². The minimum atomic E-state index is -0.168. The van der Waals surface area contributed by atoms with Crippen LogP contribution in [0, 0.1) is 0 Å². The van der Waals surface area contributed by atoms with Crippen molar-refractivity contribution in [1.29, 1.82) is 0 Å². The molecule has 2 aliphatic heterocycles. The van der Waals surface area contributed by atoms with Gasteiger partial charge in [0.25, 0.3) is 0 Å². The van der Waals surface area contributed by atoms with Crippen molar-refractivity contribution in [3.8, 4) is 5.75 Å². The van der Waals surface area contributed by atoms with E-state index >= 15 is 0 Å². The Morgan fingerprint density at radius 1 is 1.38 bits per heavy atom. The Balaban J connectivity index is 1.47. The molecule has 2 aliphatic rings. The van der Waals surface area contributed by atoms with Crippen LogP contribution in [-0.2, 0) is 14.3 Å². The Bertz CT molecular complexity index is 630. The molecular formula is C16H19N3O4S. The number of thioether (sulfide) groups is 1. The van der Waals surface area contributed by atoms with Crippen LogP contribution in [0.3, 0.4) is 0 Å². The average molecular weight is 349 g/mol. The summed E-state index contributed by atoms with van der Waals surface area (Å²) >= 11 is 1.34. The first-order valence-electron chi connectivity index (χ1n) is 7.79. The van der Waals surface area contributed by atoms with Crippen LogP contribution >= 0.6 is 11.8 Å². The number of nitrogens with one attached hydrogen (secondary N) is 1. The summed E-state index contributed by atoms with van der Waals surface area (Å²) in [6.45, 7) is 2.02. The lowest BCUT2D eigenvalue weighted by molar-refractivity contribution is -0.183. The molecule has 1 N–H and O–H groups in total. The largest absolute Gasteiger partial charge is 0.493 e. The predicted octanol–water partition coefficient (Wildman–Crippen LogP) is 1.77. The molecule has 1 amide bonds. The van der Waals surface area contributed by atoms with Crippen molar-refractivity contribution in [3.05, 3.63) is 29.8 Å². The average Bonchev–Trinajstić information content (AvgIpc) is 3.02. The molecular weight excluding hydrogens is 330 g/mol. The molecule has 24 heavy (non-hydrogen) atoms. The fourth-order valence-electron chi connectivity index (χ4n) is 2.19. The summed E-state index contributed by atoms with van der Waals surface area (Å²) in [5.41, 5.74) is 0.872. The van der Waals surface area contributed by atoms with Crippen LogP contribution in [-0.4, -0.2) is 49.2 Å². The Kier molecular flexibility index (Phi) is 6.22. The molecule has 7 nitrogen and oxygen atoms in total. The lowest BCUT2D eigenvalue weighted by Crippen LogP contribution is -2.26. The van der Waals surface area contributed by atoms with Crippen LogP contribution in [0.4, 0.5) is 0 Å². The van der Waals surface area contributed by atoms with E-state index < -0.39 is 0 Å². The monoisotopic (exact) mass is 349 g/mol. The van der Waals surface area contributed by atoms with Crippen molar-refractivity contribution in [1.82, 2.24) is 5.32 Å². The van der Waals surface area contributed by atoms with Gasteiger partial charge in [-0.05, 0) is 24.1 Å². The van der Waals surface area contributed by atoms with Crippen molar-refractivity contribution in [3.63, 3.8) is 0 Å². The quantitative estimate of drug-likeness (QED) is 0.625. The molecule has 0 aromatic heterocycles. The van der Waals surface area contributed by atoms with Crippen molar-refractivity contribution in [2.45, 2.75) is 19.1 Å². The Morgan fingerprint density at radius 3 is 3.04 bits per heavy atom. The molecule has 3 rings (SSSR count). The number of benzene rings is 1. The maximum Gasteiger partial charge on any atom is 0.236 e. The molecule has 0 radical (unpaired) electrons. The third kappa shape index (κ3) is 5.33. The smallest absolute Gasteiger partial charge is 0.236 e. The third-order valence-electron chi connectivity index (χ3n) is 3.32. The van der Waals surface area contributed by atoms with Gasteiger partial charge in [-0.1, -0.05) is 23.9 Å². The number of amidine groups is 1. The van der Waals surface area contributed by atoms with E-state index in [0.717, 1.165) is 30.9 Å². The standard InChI is InChI=1S/C16H19N3O4S/c20-14-11-24-16(18-14)19-17-10-12-3-1-4-13(9-12)21-8-5-15-22-6-2-7-23-15/h1,3-4,9-10,15H,2,5-8,11H2,(H,18,19,20). The maximum atomic E-state index is 11.0. The van der Waals surface area contributed by atoms with Crippen LogP contribution in [0.15, 0.2) is 34.5 Å². The first-order chi connectivity index (χ1) is 11.8. The van der Waals surface area contributed by atoms with Gasteiger partial charge in [0.15, 0.2) is 11.5 Å². The zero-order valence-electron chi connectivity index (χ0n) is 13.1. The molecule has 0 aliphatic carbocycles. The van der Waals surface area contributed by atoms with E-state index in [1.165, 1.54) is 11.8 Å². The highest BCUT2D eigenvalue weighted by Crippen LogP contribution is 2.15. The van der Waals surface area contributed by atoms with Gasteiger partial charge in [0.1, 0.15) is 5.75 Å². The van der Waals surface area contributed by atoms with Crippen LogP contribution in [0.1, 0.15) is 18.4 Å². The maximum absolute atomic E-state index is 11.0. The zero-order chi connectivity index (χ0) is 16.6. The second-order valence-electron chi connectivity index (χ2n) is 5.22. The first-order valence-corrected chi connectivity index (χ1v) is 8.78. The minimum Gasteiger partial charge on any atom is -0.493 e. The summed E-state index contributed by atoms with van der Waals surface area (Å²) in [4.78, 5) is 11.0. The second kappa shape index (κ2) is 8.81. The summed E-state index contributed by atoms with van der Waals surface area (Å²) in [5.74, 6) is 1.10. The number of carbonyl (C=O) groups excluding carboxylic acids is 1. The van der Waals surface area contributed by atoms with Gasteiger partial charge in [0.2, 0.25) is 5.91 Å². The molecule has 2 heterocycles. The van der Waals surface area contributed by atoms with E-state index in [2.05, 4.69) is 15.5 Å². The van der Waals surface area contributed by atoms with E-state index in [4.69, 9.17) is 14.2 Å². The van der Waals surface area contributed by atoms with Gasteiger partial charge in [0.05, 0.1) is 31.8 Å². The van der Waals surface area contributed by atoms with Gasteiger partial charge < -0.3 is 19.5 Å². The minimum absolute atomic E-state index is 0.0460. The van der Waals surface area contributed by atoms with E-state index in [9.17, 15) is 4.79 Å². The molecule has 1 aromatic rings. The molecule has 0 saturated carbocycles. The normalized spacial score (nSPS) is 20.7. The summed E-state index contributed by atoms with van der Waals surface area (Å²) in [5, 5.41) is 11.1. The Labute approximate surface area is 144 Å². The SMILES string of the molecule is O=C1CSC(=NN=Cc2cccc(OCCC3OCCCO3)c2)N1. The molecule has 8 heteroatoms. The van der Waals surface area contributed by atoms with Crippen molar-refractivity contribution in [2.24, 2.45) is 10.2 Å². The zero-order valence-corrected chi connectivity index (χ0v) is 14.0.